The normalized spacial score (nSPS) is 22.0. The Hall–Kier alpha value is -1.01. The van der Waals surface area contributed by atoms with Crippen LogP contribution in [0.4, 0.5) is 11.6 Å². The molecule has 1 aliphatic carbocycles. The molecule has 0 bridgehead atoms. The Balaban J connectivity index is 2.23. The van der Waals surface area contributed by atoms with E-state index in [1.165, 1.54) is 19.3 Å². The van der Waals surface area contributed by atoms with Crippen molar-refractivity contribution in [3.63, 3.8) is 0 Å². The summed E-state index contributed by atoms with van der Waals surface area (Å²) in [5, 5.41) is 4.29. The smallest absolute Gasteiger partial charge is 0.148 e. The first-order valence-electron chi connectivity index (χ1n) is 7.33. The van der Waals surface area contributed by atoms with Crippen LogP contribution in [0.5, 0.6) is 0 Å². The third kappa shape index (κ3) is 3.35. The van der Waals surface area contributed by atoms with Crippen molar-refractivity contribution in [3.05, 3.63) is 11.4 Å². The molecule has 1 heterocycles. The van der Waals surface area contributed by atoms with Gasteiger partial charge in [-0.15, -0.1) is 0 Å². The molecule has 2 unspecified atom stereocenters. The van der Waals surface area contributed by atoms with Crippen LogP contribution in [-0.4, -0.2) is 27.5 Å². The van der Waals surface area contributed by atoms with E-state index < -0.39 is 0 Å². The first kappa shape index (κ1) is 15.4. The summed E-state index contributed by atoms with van der Waals surface area (Å²) in [6.07, 6.45) is 7.88. The van der Waals surface area contributed by atoms with Gasteiger partial charge in [-0.3, -0.25) is 0 Å². The Morgan fingerprint density at radius 3 is 2.70 bits per heavy atom. The van der Waals surface area contributed by atoms with Crippen molar-refractivity contribution in [3.8, 4) is 0 Å². The number of nitrogens with zero attached hydrogens (tertiary/aromatic N) is 2. The van der Waals surface area contributed by atoms with E-state index in [4.69, 9.17) is 5.84 Å². The number of hydrogen-bond acceptors (Lipinski definition) is 6. The third-order valence-corrected chi connectivity index (χ3v) is 5.05. The summed E-state index contributed by atoms with van der Waals surface area (Å²) >= 11 is 1.94. The van der Waals surface area contributed by atoms with Gasteiger partial charge in [0, 0.05) is 23.3 Å². The maximum atomic E-state index is 5.57. The van der Waals surface area contributed by atoms with Crippen LogP contribution in [0.15, 0.2) is 0 Å². The topological polar surface area (TPSA) is 75.9 Å². The molecule has 1 aliphatic rings. The minimum absolute atomic E-state index is 0.499. The fourth-order valence-corrected chi connectivity index (χ4v) is 3.66. The number of aromatic nitrogens is 2. The zero-order valence-electron chi connectivity index (χ0n) is 12.6. The summed E-state index contributed by atoms with van der Waals surface area (Å²) < 4.78 is 0. The summed E-state index contributed by atoms with van der Waals surface area (Å²) in [6, 6.07) is 0.499. The minimum Gasteiger partial charge on any atom is -0.366 e. The number of nitrogen functional groups attached to an aromatic ring is 1. The highest BCUT2D eigenvalue weighted by Gasteiger charge is 2.27. The maximum absolute atomic E-state index is 5.57. The number of rotatable bonds is 6. The van der Waals surface area contributed by atoms with E-state index in [9.17, 15) is 0 Å². The number of nitrogens with two attached hydrogens (primary N) is 1. The number of aryl methyl sites for hydroxylation is 1. The third-order valence-electron chi connectivity index (χ3n) is 3.88. The second kappa shape index (κ2) is 7.13. The fraction of sp³-hybridized carbons (Fsp3) is 0.714. The molecule has 6 heteroatoms. The Morgan fingerprint density at radius 1 is 1.30 bits per heavy atom. The lowest BCUT2D eigenvalue weighted by molar-refractivity contribution is 0.753. The van der Waals surface area contributed by atoms with Crippen molar-refractivity contribution in [2.75, 3.05) is 17.0 Å². The van der Waals surface area contributed by atoms with Crippen molar-refractivity contribution in [1.29, 1.82) is 0 Å². The van der Waals surface area contributed by atoms with Gasteiger partial charge in [-0.25, -0.2) is 15.8 Å². The SMILES string of the molecule is CCCc1nc(NN)c(C)c(NC2CCCC2SC)n1. The van der Waals surface area contributed by atoms with E-state index in [0.29, 0.717) is 11.3 Å². The van der Waals surface area contributed by atoms with E-state index in [1.807, 2.05) is 18.7 Å². The largest absolute Gasteiger partial charge is 0.366 e. The number of hydrogen-bond donors (Lipinski definition) is 3. The highest BCUT2D eigenvalue weighted by Crippen LogP contribution is 2.31. The molecular formula is C14H25N5S. The van der Waals surface area contributed by atoms with Crippen LogP contribution in [0.2, 0.25) is 0 Å². The van der Waals surface area contributed by atoms with Gasteiger partial charge in [0.05, 0.1) is 0 Å². The zero-order chi connectivity index (χ0) is 14.5. The predicted molar refractivity (Wildman–Crippen MR) is 87.1 cm³/mol. The number of hydrazine groups is 1. The molecule has 1 aromatic heterocycles. The molecule has 20 heavy (non-hydrogen) atoms. The molecule has 5 nitrogen and oxygen atoms in total. The van der Waals surface area contributed by atoms with Crippen LogP contribution in [0.1, 0.15) is 44.0 Å². The Kier molecular flexibility index (Phi) is 5.48. The Bertz CT molecular complexity index is 451. The first-order chi connectivity index (χ1) is 9.69. The van der Waals surface area contributed by atoms with Crippen LogP contribution < -0.4 is 16.6 Å². The van der Waals surface area contributed by atoms with Crippen LogP contribution in [-0.2, 0) is 6.42 Å². The van der Waals surface area contributed by atoms with Crippen LogP contribution in [0.3, 0.4) is 0 Å². The lowest BCUT2D eigenvalue weighted by Gasteiger charge is -2.22. The monoisotopic (exact) mass is 295 g/mol. The van der Waals surface area contributed by atoms with Crippen LogP contribution >= 0.6 is 11.8 Å². The molecule has 0 amide bonds. The summed E-state index contributed by atoms with van der Waals surface area (Å²) in [6.45, 7) is 4.14. The van der Waals surface area contributed by atoms with Gasteiger partial charge in [-0.05, 0) is 32.4 Å². The van der Waals surface area contributed by atoms with E-state index in [-0.39, 0.29) is 0 Å². The number of anilines is 2. The van der Waals surface area contributed by atoms with Crippen LogP contribution in [0, 0.1) is 6.92 Å². The molecule has 0 radical (unpaired) electrons. The summed E-state index contributed by atoms with van der Waals surface area (Å²) in [4.78, 5) is 9.14. The molecule has 0 spiro atoms. The van der Waals surface area contributed by atoms with Gasteiger partial charge in [-0.1, -0.05) is 13.3 Å². The highest BCUT2D eigenvalue weighted by molar-refractivity contribution is 7.99. The van der Waals surface area contributed by atoms with Gasteiger partial charge in [0.2, 0.25) is 0 Å². The fourth-order valence-electron chi connectivity index (χ4n) is 2.73. The lowest BCUT2D eigenvalue weighted by atomic mass is 10.2. The van der Waals surface area contributed by atoms with Gasteiger partial charge in [0.25, 0.3) is 0 Å². The minimum atomic E-state index is 0.499. The van der Waals surface area contributed by atoms with Crippen molar-refractivity contribution in [1.82, 2.24) is 9.97 Å². The molecule has 112 valence electrons. The molecule has 1 fully saturated rings. The molecule has 4 N–H and O–H groups in total. The van der Waals surface area contributed by atoms with Gasteiger partial charge < -0.3 is 10.7 Å². The van der Waals surface area contributed by atoms with Crippen molar-refractivity contribution in [2.45, 2.75) is 57.2 Å². The quantitative estimate of drug-likeness (QED) is 0.553. The van der Waals surface area contributed by atoms with Crippen molar-refractivity contribution >= 4 is 23.4 Å². The second-order valence-corrected chi connectivity index (χ2v) is 6.39. The molecule has 0 aromatic carbocycles. The standard InChI is InChI=1S/C14H25N5S/c1-4-6-12-17-13(9(2)14(18-12)19-15)16-10-7-5-8-11(10)20-3/h10-11H,4-8,15H2,1-3H3,(H2,16,17,18,19). The van der Waals surface area contributed by atoms with Crippen molar-refractivity contribution < 1.29 is 0 Å². The Morgan fingerprint density at radius 2 is 2.05 bits per heavy atom. The number of thioether (sulfide) groups is 1. The molecule has 0 aliphatic heterocycles. The van der Waals surface area contributed by atoms with Gasteiger partial charge in [-0.2, -0.15) is 11.8 Å². The van der Waals surface area contributed by atoms with Gasteiger partial charge in [0.15, 0.2) is 0 Å². The average molecular weight is 295 g/mol. The van der Waals surface area contributed by atoms with E-state index in [2.05, 4.69) is 33.9 Å². The van der Waals surface area contributed by atoms with Gasteiger partial charge >= 0.3 is 0 Å². The van der Waals surface area contributed by atoms with Crippen LogP contribution in [0.25, 0.3) is 0 Å². The van der Waals surface area contributed by atoms with E-state index in [1.54, 1.807) is 0 Å². The van der Waals surface area contributed by atoms with E-state index in [0.717, 1.165) is 35.9 Å². The molecular weight excluding hydrogens is 270 g/mol. The van der Waals surface area contributed by atoms with Crippen molar-refractivity contribution in [2.24, 2.45) is 5.84 Å². The average Bonchev–Trinajstić information content (AvgIpc) is 2.89. The summed E-state index contributed by atoms with van der Waals surface area (Å²) in [5.74, 6) is 8.09. The zero-order valence-corrected chi connectivity index (χ0v) is 13.4. The molecule has 1 aromatic rings. The lowest BCUT2D eigenvalue weighted by Crippen LogP contribution is -2.27. The predicted octanol–water partition coefficient (Wildman–Crippen LogP) is 2.72. The van der Waals surface area contributed by atoms with E-state index >= 15 is 0 Å². The molecule has 2 atom stereocenters. The maximum Gasteiger partial charge on any atom is 0.148 e. The number of nitrogens with one attached hydrogen (secondary N) is 2. The highest BCUT2D eigenvalue weighted by atomic mass is 32.2. The molecule has 2 rings (SSSR count). The molecule has 0 saturated heterocycles. The first-order valence-corrected chi connectivity index (χ1v) is 8.61. The summed E-state index contributed by atoms with van der Waals surface area (Å²) in [7, 11) is 0. The second-order valence-electron chi connectivity index (χ2n) is 5.31. The van der Waals surface area contributed by atoms with Gasteiger partial charge in [0.1, 0.15) is 17.5 Å². The Labute approximate surface area is 125 Å². The summed E-state index contributed by atoms with van der Waals surface area (Å²) in [5.41, 5.74) is 3.69. The molecule has 1 saturated carbocycles.